The van der Waals surface area contributed by atoms with E-state index in [9.17, 15) is 29.1 Å². The third kappa shape index (κ3) is 8.99. The molecule has 0 aromatic heterocycles. The van der Waals surface area contributed by atoms with Gasteiger partial charge in [0.25, 0.3) is 0 Å². The molecule has 3 amide bonds. The largest absolute Gasteiger partial charge is 0.481 e. The van der Waals surface area contributed by atoms with Crippen molar-refractivity contribution in [2.75, 3.05) is 5.75 Å². The highest BCUT2D eigenvalue weighted by Gasteiger charge is 2.32. The molecule has 5 atom stereocenters. The van der Waals surface area contributed by atoms with Crippen molar-refractivity contribution >= 4 is 42.3 Å². The molecular weight excluding hydrogens is 416 g/mol. The summed E-state index contributed by atoms with van der Waals surface area (Å²) >= 11 is 4.04. The first-order valence-corrected chi connectivity index (χ1v) is 10.2. The number of nitrogens with two attached hydrogens (primary N) is 1. The molecule has 0 bridgehead atoms. The Balaban J connectivity index is 5.31. The maximum Gasteiger partial charge on any atom is 0.326 e. The van der Waals surface area contributed by atoms with Gasteiger partial charge in [-0.25, -0.2) is 4.79 Å². The Bertz CT molecular complexity index is 644. The monoisotopic (exact) mass is 448 g/mol. The van der Waals surface area contributed by atoms with E-state index in [1.807, 2.05) is 0 Å². The van der Waals surface area contributed by atoms with Crippen LogP contribution in [0.5, 0.6) is 0 Å². The molecule has 0 aromatic carbocycles. The molecule has 0 spiro atoms. The van der Waals surface area contributed by atoms with Gasteiger partial charge >= 0.3 is 11.9 Å². The van der Waals surface area contributed by atoms with Gasteiger partial charge in [0.05, 0.1) is 12.5 Å². The molecule has 0 aliphatic rings. The number of nitrogens with one attached hydrogen (secondary N) is 3. The van der Waals surface area contributed by atoms with Crippen molar-refractivity contribution in [1.29, 1.82) is 0 Å². The lowest BCUT2D eigenvalue weighted by molar-refractivity contribution is -0.143. The Labute approximate surface area is 180 Å². The van der Waals surface area contributed by atoms with Crippen LogP contribution < -0.4 is 21.7 Å². The second-order valence-corrected chi connectivity index (χ2v) is 7.75. The Kier molecular flexibility index (Phi) is 12.0. The lowest BCUT2D eigenvalue weighted by Gasteiger charge is -2.27. The van der Waals surface area contributed by atoms with Crippen LogP contribution in [0.4, 0.5) is 0 Å². The topological polar surface area (TPSA) is 188 Å². The maximum absolute atomic E-state index is 12.7. The minimum absolute atomic E-state index is 0.109. The number of carbonyl (C=O) groups is 5. The zero-order valence-electron chi connectivity index (χ0n) is 17.5. The van der Waals surface area contributed by atoms with Crippen LogP contribution in [0.15, 0.2) is 0 Å². The van der Waals surface area contributed by atoms with Crippen molar-refractivity contribution in [2.24, 2.45) is 17.6 Å². The summed E-state index contributed by atoms with van der Waals surface area (Å²) in [4.78, 5) is 59.3. The first-order chi connectivity index (χ1) is 13.8. The first-order valence-electron chi connectivity index (χ1n) is 9.57. The zero-order chi connectivity index (χ0) is 23.6. The Morgan fingerprint density at radius 1 is 0.900 bits per heavy atom. The van der Waals surface area contributed by atoms with E-state index < -0.39 is 60.2 Å². The number of carbonyl (C=O) groups excluding carboxylic acids is 3. The summed E-state index contributed by atoms with van der Waals surface area (Å²) in [6.07, 6.45) is -0.104. The van der Waals surface area contributed by atoms with Gasteiger partial charge in [-0.05, 0) is 11.8 Å². The van der Waals surface area contributed by atoms with Crippen molar-refractivity contribution in [3.8, 4) is 0 Å². The van der Waals surface area contributed by atoms with Crippen LogP contribution in [0.1, 0.15) is 40.5 Å². The highest BCUT2D eigenvalue weighted by molar-refractivity contribution is 7.80. The van der Waals surface area contributed by atoms with Crippen LogP contribution in [0.25, 0.3) is 0 Å². The number of thiol groups is 1. The van der Waals surface area contributed by atoms with Gasteiger partial charge in [-0.3, -0.25) is 19.2 Å². The molecule has 0 aliphatic heterocycles. The van der Waals surface area contributed by atoms with E-state index in [2.05, 4.69) is 28.6 Å². The van der Waals surface area contributed by atoms with E-state index in [1.54, 1.807) is 27.7 Å². The summed E-state index contributed by atoms with van der Waals surface area (Å²) in [5, 5.41) is 25.2. The van der Waals surface area contributed by atoms with Crippen LogP contribution in [0, 0.1) is 11.8 Å². The molecule has 0 aromatic rings. The van der Waals surface area contributed by atoms with E-state index in [0.717, 1.165) is 0 Å². The van der Waals surface area contributed by atoms with Crippen LogP contribution >= 0.6 is 12.6 Å². The van der Waals surface area contributed by atoms with Gasteiger partial charge in [0.15, 0.2) is 0 Å². The van der Waals surface area contributed by atoms with Gasteiger partial charge in [-0.2, -0.15) is 12.6 Å². The molecule has 0 saturated heterocycles. The van der Waals surface area contributed by atoms with Gasteiger partial charge in [-0.15, -0.1) is 0 Å². The molecular formula is C18H32N4O7S. The summed E-state index contributed by atoms with van der Waals surface area (Å²) in [7, 11) is 0. The molecule has 0 heterocycles. The Morgan fingerprint density at radius 3 is 1.83 bits per heavy atom. The average Bonchev–Trinajstić information content (AvgIpc) is 2.65. The Morgan fingerprint density at radius 2 is 1.43 bits per heavy atom. The Hall–Kier alpha value is -2.34. The van der Waals surface area contributed by atoms with Gasteiger partial charge in [0.1, 0.15) is 18.1 Å². The van der Waals surface area contributed by atoms with Gasteiger partial charge in [-0.1, -0.05) is 34.1 Å². The lowest BCUT2D eigenvalue weighted by Crippen LogP contribution is -2.59. The summed E-state index contributed by atoms with van der Waals surface area (Å²) in [6.45, 7) is 6.74. The number of aliphatic carboxylic acids is 2. The molecule has 0 aliphatic carbocycles. The van der Waals surface area contributed by atoms with Gasteiger partial charge in [0, 0.05) is 5.75 Å². The average molecular weight is 449 g/mol. The predicted molar refractivity (Wildman–Crippen MR) is 112 cm³/mol. The third-order valence-electron chi connectivity index (χ3n) is 4.57. The first kappa shape index (κ1) is 27.7. The van der Waals surface area contributed by atoms with Crippen molar-refractivity contribution < 1.29 is 34.2 Å². The third-order valence-corrected chi connectivity index (χ3v) is 4.94. The molecule has 0 fully saturated rings. The quantitative estimate of drug-likeness (QED) is 0.174. The minimum Gasteiger partial charge on any atom is -0.481 e. The second kappa shape index (κ2) is 13.1. The number of carboxylic acid groups (broad SMARTS) is 2. The maximum atomic E-state index is 12.7. The van der Waals surface area contributed by atoms with Crippen molar-refractivity contribution in [3.63, 3.8) is 0 Å². The number of hydrogen-bond acceptors (Lipinski definition) is 7. The fraction of sp³-hybridized carbons (Fsp3) is 0.722. The summed E-state index contributed by atoms with van der Waals surface area (Å²) in [5.74, 6) is -5.53. The molecule has 0 saturated carbocycles. The second-order valence-electron chi connectivity index (χ2n) is 7.39. The minimum atomic E-state index is -1.34. The lowest BCUT2D eigenvalue weighted by atomic mass is 9.97. The van der Waals surface area contributed by atoms with Gasteiger partial charge in [0.2, 0.25) is 17.7 Å². The van der Waals surface area contributed by atoms with E-state index in [1.165, 1.54) is 0 Å². The molecule has 5 unspecified atom stereocenters. The fourth-order valence-corrected chi connectivity index (χ4v) is 2.72. The summed E-state index contributed by atoms with van der Waals surface area (Å²) in [6, 6.07) is -4.69. The highest BCUT2D eigenvalue weighted by Crippen LogP contribution is 2.10. The number of hydrogen-bond donors (Lipinski definition) is 7. The molecule has 11 nitrogen and oxygen atoms in total. The SMILES string of the molecule is CCC(C)C(NC(=O)C(N)CC(=O)O)C(=O)NC(CS)C(=O)NC(C(=O)O)C(C)C. The van der Waals surface area contributed by atoms with E-state index >= 15 is 0 Å². The number of rotatable bonds is 13. The van der Waals surface area contributed by atoms with Crippen molar-refractivity contribution in [2.45, 2.75) is 64.7 Å². The van der Waals surface area contributed by atoms with Gasteiger partial charge < -0.3 is 31.9 Å². The van der Waals surface area contributed by atoms with E-state index in [-0.39, 0.29) is 17.6 Å². The van der Waals surface area contributed by atoms with E-state index in [0.29, 0.717) is 6.42 Å². The molecule has 172 valence electrons. The fourth-order valence-electron chi connectivity index (χ4n) is 2.47. The zero-order valence-corrected chi connectivity index (χ0v) is 18.4. The highest BCUT2D eigenvalue weighted by atomic mass is 32.1. The molecule has 12 heteroatoms. The number of amides is 3. The van der Waals surface area contributed by atoms with Crippen molar-refractivity contribution in [3.05, 3.63) is 0 Å². The predicted octanol–water partition coefficient (Wildman–Crippen LogP) is -1.04. The standard InChI is InChI=1S/C18H32N4O7S/c1-5-9(4)14(22-15(25)10(19)6-12(23)24)17(27)20-11(7-30)16(26)21-13(8(2)3)18(28)29/h8-11,13-14,30H,5-7,19H2,1-4H3,(H,20,27)(H,21,26)(H,22,25)(H,23,24)(H,28,29). The van der Waals surface area contributed by atoms with Crippen LogP contribution in [-0.4, -0.2) is 69.8 Å². The van der Waals surface area contributed by atoms with Crippen LogP contribution in [-0.2, 0) is 24.0 Å². The molecule has 30 heavy (non-hydrogen) atoms. The summed E-state index contributed by atoms with van der Waals surface area (Å²) in [5.41, 5.74) is 5.54. The number of carboxylic acids is 2. The molecule has 0 rings (SSSR count). The summed E-state index contributed by atoms with van der Waals surface area (Å²) < 4.78 is 0. The van der Waals surface area contributed by atoms with Crippen LogP contribution in [0.3, 0.4) is 0 Å². The van der Waals surface area contributed by atoms with E-state index in [4.69, 9.17) is 10.8 Å². The van der Waals surface area contributed by atoms with Crippen LogP contribution in [0.2, 0.25) is 0 Å². The van der Waals surface area contributed by atoms with Crippen molar-refractivity contribution in [1.82, 2.24) is 16.0 Å². The normalized spacial score (nSPS) is 16.0. The smallest absolute Gasteiger partial charge is 0.326 e. The molecule has 7 N–H and O–H groups in total. The molecule has 0 radical (unpaired) electrons.